The summed E-state index contributed by atoms with van der Waals surface area (Å²) in [6, 6.07) is 12.5. The molecular weight excluding hydrogens is 356 g/mol. The summed E-state index contributed by atoms with van der Waals surface area (Å²) in [5.74, 6) is 0.968. The SMILES string of the molecule is CCNC(=NCCC(=O)N1CCc2sccc2C1)NCCc1ccccc1. The Morgan fingerprint density at radius 3 is 2.89 bits per heavy atom. The smallest absolute Gasteiger partial charge is 0.224 e. The second-order valence-electron chi connectivity index (χ2n) is 6.61. The first-order valence-corrected chi connectivity index (χ1v) is 10.5. The molecule has 2 aromatic rings. The highest BCUT2D eigenvalue weighted by Crippen LogP contribution is 2.24. The minimum absolute atomic E-state index is 0.190. The van der Waals surface area contributed by atoms with E-state index in [1.807, 2.05) is 17.9 Å². The second kappa shape index (κ2) is 10.1. The first-order chi connectivity index (χ1) is 13.3. The highest BCUT2D eigenvalue weighted by Gasteiger charge is 2.20. The zero-order chi connectivity index (χ0) is 18.9. The third-order valence-corrected chi connectivity index (χ3v) is 5.67. The molecule has 144 valence electrons. The van der Waals surface area contributed by atoms with E-state index in [9.17, 15) is 4.79 Å². The normalized spacial score (nSPS) is 14.0. The van der Waals surface area contributed by atoms with E-state index in [0.29, 0.717) is 13.0 Å². The van der Waals surface area contributed by atoms with Crippen LogP contribution in [-0.2, 0) is 24.2 Å². The molecule has 0 fully saturated rings. The van der Waals surface area contributed by atoms with E-state index in [1.54, 1.807) is 11.3 Å². The zero-order valence-corrected chi connectivity index (χ0v) is 16.7. The number of amides is 1. The summed E-state index contributed by atoms with van der Waals surface area (Å²) in [6.07, 6.45) is 2.38. The van der Waals surface area contributed by atoms with Crippen molar-refractivity contribution >= 4 is 23.2 Å². The van der Waals surface area contributed by atoms with Gasteiger partial charge in [-0.2, -0.15) is 0 Å². The molecule has 2 N–H and O–H groups in total. The summed E-state index contributed by atoms with van der Waals surface area (Å²) in [5, 5.41) is 8.71. The van der Waals surface area contributed by atoms with E-state index >= 15 is 0 Å². The van der Waals surface area contributed by atoms with E-state index in [1.165, 1.54) is 16.0 Å². The minimum atomic E-state index is 0.190. The first-order valence-electron chi connectivity index (χ1n) is 9.65. The Morgan fingerprint density at radius 1 is 1.22 bits per heavy atom. The van der Waals surface area contributed by atoms with Crippen LogP contribution >= 0.6 is 11.3 Å². The summed E-state index contributed by atoms with van der Waals surface area (Å²) in [7, 11) is 0. The zero-order valence-electron chi connectivity index (χ0n) is 15.9. The maximum absolute atomic E-state index is 12.5. The van der Waals surface area contributed by atoms with Crippen molar-refractivity contribution < 1.29 is 4.79 Å². The number of hydrogen-bond donors (Lipinski definition) is 2. The minimum Gasteiger partial charge on any atom is -0.357 e. The first kappa shape index (κ1) is 19.4. The van der Waals surface area contributed by atoms with Gasteiger partial charge in [0.05, 0.1) is 6.54 Å². The summed E-state index contributed by atoms with van der Waals surface area (Å²) < 4.78 is 0. The van der Waals surface area contributed by atoms with Crippen LogP contribution in [0.5, 0.6) is 0 Å². The number of nitrogens with zero attached hydrogens (tertiary/aromatic N) is 2. The van der Waals surface area contributed by atoms with Crippen molar-refractivity contribution in [2.24, 2.45) is 4.99 Å². The lowest BCUT2D eigenvalue weighted by Crippen LogP contribution is -2.39. The number of nitrogens with one attached hydrogen (secondary N) is 2. The van der Waals surface area contributed by atoms with Crippen molar-refractivity contribution in [3.05, 3.63) is 57.8 Å². The van der Waals surface area contributed by atoms with Crippen LogP contribution in [0.4, 0.5) is 0 Å². The number of benzene rings is 1. The summed E-state index contributed by atoms with van der Waals surface area (Å²) >= 11 is 1.80. The van der Waals surface area contributed by atoms with Crippen LogP contribution in [0, 0.1) is 0 Å². The number of thiophene rings is 1. The lowest BCUT2D eigenvalue weighted by Gasteiger charge is -2.26. The molecule has 0 unspecified atom stereocenters. The standard InChI is InChI=1S/C21H28N4OS/c1-2-22-21(23-12-8-17-6-4-3-5-7-17)24-13-9-20(26)25-14-10-19-18(16-25)11-15-27-19/h3-7,11,15H,2,8-10,12-14,16H2,1H3,(H2,22,23,24). The Morgan fingerprint density at radius 2 is 2.07 bits per heavy atom. The number of rotatable bonds is 7. The fraction of sp³-hybridized carbons (Fsp3) is 0.429. The monoisotopic (exact) mass is 384 g/mol. The largest absolute Gasteiger partial charge is 0.357 e. The van der Waals surface area contributed by atoms with Gasteiger partial charge in [-0.25, -0.2) is 0 Å². The summed E-state index contributed by atoms with van der Waals surface area (Å²) in [5.41, 5.74) is 2.60. The van der Waals surface area contributed by atoms with Crippen molar-refractivity contribution in [1.29, 1.82) is 0 Å². The molecule has 0 radical (unpaired) electrons. The quantitative estimate of drug-likeness (QED) is 0.570. The lowest BCUT2D eigenvalue weighted by atomic mass is 10.1. The predicted octanol–water partition coefficient (Wildman–Crippen LogP) is 2.82. The van der Waals surface area contributed by atoms with Crippen LogP contribution in [-0.4, -0.2) is 42.9 Å². The molecule has 1 aromatic heterocycles. The number of aliphatic imine (C=N–C) groups is 1. The highest BCUT2D eigenvalue weighted by molar-refractivity contribution is 7.10. The van der Waals surface area contributed by atoms with Crippen LogP contribution in [0.25, 0.3) is 0 Å². The third-order valence-electron chi connectivity index (χ3n) is 4.65. The molecule has 1 aliphatic heterocycles. The second-order valence-corrected chi connectivity index (χ2v) is 7.61. The number of hydrogen-bond acceptors (Lipinski definition) is 3. The van der Waals surface area contributed by atoms with Gasteiger partial charge in [-0.05, 0) is 42.3 Å². The molecule has 0 saturated heterocycles. The average Bonchev–Trinajstić information content (AvgIpc) is 3.16. The third kappa shape index (κ3) is 5.82. The van der Waals surface area contributed by atoms with E-state index in [0.717, 1.165) is 45.0 Å². The van der Waals surface area contributed by atoms with Crippen molar-refractivity contribution in [2.75, 3.05) is 26.2 Å². The molecular formula is C21H28N4OS. The van der Waals surface area contributed by atoms with E-state index in [-0.39, 0.29) is 5.91 Å². The van der Waals surface area contributed by atoms with Crippen LogP contribution in [0.2, 0.25) is 0 Å². The molecule has 0 aliphatic carbocycles. The predicted molar refractivity (Wildman–Crippen MR) is 112 cm³/mol. The molecule has 3 rings (SSSR count). The molecule has 6 heteroatoms. The Kier molecular flexibility index (Phi) is 7.27. The van der Waals surface area contributed by atoms with Crippen molar-refractivity contribution in [2.45, 2.75) is 32.7 Å². The number of carbonyl (C=O) groups is 1. The maximum atomic E-state index is 12.5. The molecule has 1 aromatic carbocycles. The van der Waals surface area contributed by atoms with Gasteiger partial charge < -0.3 is 15.5 Å². The van der Waals surface area contributed by atoms with Gasteiger partial charge in [0.2, 0.25) is 5.91 Å². The number of fused-ring (bicyclic) bond motifs is 1. The van der Waals surface area contributed by atoms with Gasteiger partial charge >= 0.3 is 0 Å². The lowest BCUT2D eigenvalue weighted by molar-refractivity contribution is -0.131. The molecule has 0 spiro atoms. The molecule has 1 aliphatic rings. The number of guanidine groups is 1. The molecule has 0 saturated carbocycles. The van der Waals surface area contributed by atoms with Crippen molar-refractivity contribution in [3.8, 4) is 0 Å². The Bertz CT molecular complexity index is 757. The van der Waals surface area contributed by atoms with E-state index in [2.05, 4.69) is 51.3 Å². The fourth-order valence-electron chi connectivity index (χ4n) is 3.19. The van der Waals surface area contributed by atoms with Gasteiger partial charge in [0.15, 0.2) is 5.96 Å². The fourth-order valence-corrected chi connectivity index (χ4v) is 4.08. The van der Waals surface area contributed by atoms with Gasteiger partial charge in [-0.1, -0.05) is 30.3 Å². The van der Waals surface area contributed by atoms with Gasteiger partial charge in [0.25, 0.3) is 0 Å². The van der Waals surface area contributed by atoms with E-state index < -0.39 is 0 Å². The van der Waals surface area contributed by atoms with Gasteiger partial charge in [-0.3, -0.25) is 9.79 Å². The maximum Gasteiger partial charge on any atom is 0.224 e. The number of carbonyl (C=O) groups excluding carboxylic acids is 1. The molecule has 2 heterocycles. The molecule has 1 amide bonds. The molecule has 27 heavy (non-hydrogen) atoms. The molecule has 0 atom stereocenters. The summed E-state index contributed by atoms with van der Waals surface area (Å²) in [6.45, 7) is 5.75. The molecule has 5 nitrogen and oxygen atoms in total. The van der Waals surface area contributed by atoms with Gasteiger partial charge in [-0.15, -0.1) is 11.3 Å². The highest BCUT2D eigenvalue weighted by atomic mass is 32.1. The van der Waals surface area contributed by atoms with Crippen LogP contribution in [0.15, 0.2) is 46.8 Å². The van der Waals surface area contributed by atoms with Crippen molar-refractivity contribution in [3.63, 3.8) is 0 Å². The van der Waals surface area contributed by atoms with E-state index in [4.69, 9.17) is 0 Å². The topological polar surface area (TPSA) is 56.7 Å². The average molecular weight is 385 g/mol. The Hall–Kier alpha value is -2.34. The Labute approximate surface area is 165 Å². The van der Waals surface area contributed by atoms with Crippen LogP contribution < -0.4 is 10.6 Å². The summed E-state index contributed by atoms with van der Waals surface area (Å²) in [4.78, 5) is 20.4. The molecule has 0 bridgehead atoms. The van der Waals surface area contributed by atoms with Gasteiger partial charge in [0.1, 0.15) is 0 Å². The van der Waals surface area contributed by atoms with Gasteiger partial charge in [0, 0.05) is 37.5 Å². The van der Waals surface area contributed by atoms with Crippen LogP contribution in [0.3, 0.4) is 0 Å². The Balaban J connectivity index is 1.43. The van der Waals surface area contributed by atoms with Crippen LogP contribution in [0.1, 0.15) is 29.3 Å². The van der Waals surface area contributed by atoms with Crippen molar-refractivity contribution in [1.82, 2.24) is 15.5 Å².